The number of nitrogens with one attached hydrogen (secondary N) is 1. The Bertz CT molecular complexity index is 1170. The molecule has 2 aromatic carbocycles. The zero-order chi connectivity index (χ0) is 21.1. The molecular weight excluding hydrogens is 434 g/mol. The normalized spacial score (nSPS) is 16.0. The lowest BCUT2D eigenvalue weighted by molar-refractivity contribution is -0.126. The first kappa shape index (κ1) is 20.5. The zero-order valence-corrected chi connectivity index (χ0v) is 18.4. The van der Waals surface area contributed by atoms with Gasteiger partial charge < -0.3 is 5.32 Å². The Labute approximate surface area is 187 Å². The number of thiazole rings is 1. The number of thiocarbonyl (C=S) groups is 1. The van der Waals surface area contributed by atoms with Gasteiger partial charge in [0.2, 0.25) is 5.91 Å². The number of carbonyl (C=O) groups excluding carboxylic acids is 2. The van der Waals surface area contributed by atoms with E-state index in [1.165, 1.54) is 28.0 Å². The van der Waals surface area contributed by atoms with Crippen LogP contribution < -0.4 is 5.32 Å². The molecule has 5 nitrogen and oxygen atoms in total. The Hall–Kier alpha value is -2.81. The quantitative estimate of drug-likeness (QED) is 0.433. The van der Waals surface area contributed by atoms with Crippen LogP contribution in [0.4, 0.5) is 5.13 Å². The van der Waals surface area contributed by atoms with E-state index in [1.54, 1.807) is 6.08 Å². The molecule has 150 valence electrons. The third-order valence-corrected chi connectivity index (χ3v) is 6.60. The van der Waals surface area contributed by atoms with Gasteiger partial charge in [-0.25, -0.2) is 4.98 Å². The molecule has 3 aromatic rings. The molecule has 2 amide bonds. The Balaban J connectivity index is 1.43. The molecule has 8 heteroatoms. The van der Waals surface area contributed by atoms with Gasteiger partial charge in [-0.15, -0.1) is 0 Å². The molecule has 2 heterocycles. The van der Waals surface area contributed by atoms with Gasteiger partial charge in [0.05, 0.1) is 15.1 Å². The maximum absolute atomic E-state index is 12.8. The number of hydrogen-bond donors (Lipinski definition) is 1. The van der Waals surface area contributed by atoms with Gasteiger partial charge in [0.25, 0.3) is 5.91 Å². The van der Waals surface area contributed by atoms with Gasteiger partial charge in [-0.1, -0.05) is 83.9 Å². The third-order valence-electron chi connectivity index (χ3n) is 4.27. The summed E-state index contributed by atoms with van der Waals surface area (Å²) >= 11 is 7.93. The zero-order valence-electron chi connectivity index (χ0n) is 16.0. The highest BCUT2D eigenvalue weighted by Gasteiger charge is 2.33. The van der Waals surface area contributed by atoms with Crippen LogP contribution in [0.5, 0.6) is 0 Å². The van der Waals surface area contributed by atoms with Gasteiger partial charge in [0.1, 0.15) is 10.9 Å². The van der Waals surface area contributed by atoms with E-state index in [9.17, 15) is 9.59 Å². The third kappa shape index (κ3) is 4.67. The predicted octanol–water partition coefficient (Wildman–Crippen LogP) is 5.08. The number of hydrogen-bond acceptors (Lipinski definition) is 6. The molecule has 1 fully saturated rings. The monoisotopic (exact) mass is 451 g/mol. The van der Waals surface area contributed by atoms with Crippen LogP contribution in [0.2, 0.25) is 0 Å². The Kier molecular flexibility index (Phi) is 6.08. The Morgan fingerprint density at radius 2 is 1.90 bits per heavy atom. The highest BCUT2D eigenvalue weighted by atomic mass is 32.2. The van der Waals surface area contributed by atoms with E-state index in [1.807, 2.05) is 67.6 Å². The summed E-state index contributed by atoms with van der Waals surface area (Å²) in [6.07, 6.45) is 3.80. The van der Waals surface area contributed by atoms with Gasteiger partial charge in [0.15, 0.2) is 5.13 Å². The van der Waals surface area contributed by atoms with Gasteiger partial charge in [-0.05, 0) is 36.3 Å². The molecule has 0 unspecified atom stereocenters. The molecule has 1 aliphatic heterocycles. The number of amides is 2. The summed E-state index contributed by atoms with van der Waals surface area (Å²) < 4.78 is 1.36. The highest BCUT2D eigenvalue weighted by Crippen LogP contribution is 2.32. The fourth-order valence-corrected chi connectivity index (χ4v) is 5.11. The summed E-state index contributed by atoms with van der Waals surface area (Å²) in [4.78, 5) is 31.5. The number of aromatic nitrogens is 1. The first-order valence-corrected chi connectivity index (χ1v) is 11.2. The van der Waals surface area contributed by atoms with Gasteiger partial charge >= 0.3 is 0 Å². The van der Waals surface area contributed by atoms with Crippen LogP contribution in [-0.4, -0.2) is 32.6 Å². The second kappa shape index (κ2) is 8.91. The molecule has 4 rings (SSSR count). The number of allylic oxidation sites excluding steroid dienone is 2. The van der Waals surface area contributed by atoms with Crippen molar-refractivity contribution in [2.45, 2.75) is 6.92 Å². The minimum Gasteiger partial charge on any atom is -0.300 e. The second-order valence-electron chi connectivity index (χ2n) is 6.60. The molecule has 1 aliphatic rings. The van der Waals surface area contributed by atoms with Crippen LogP contribution in [0.3, 0.4) is 0 Å². The Morgan fingerprint density at radius 3 is 2.67 bits per heavy atom. The average Bonchev–Trinajstić information content (AvgIpc) is 3.24. The van der Waals surface area contributed by atoms with Crippen molar-refractivity contribution in [2.24, 2.45) is 0 Å². The molecule has 1 saturated heterocycles. The maximum Gasteiger partial charge on any atom is 0.266 e. The summed E-state index contributed by atoms with van der Waals surface area (Å²) in [7, 11) is 0. The van der Waals surface area contributed by atoms with Crippen LogP contribution in [0.15, 0.2) is 71.2 Å². The van der Waals surface area contributed by atoms with Crippen molar-refractivity contribution in [3.63, 3.8) is 0 Å². The summed E-state index contributed by atoms with van der Waals surface area (Å²) in [6.45, 7) is 1.79. The number of thioether (sulfide) groups is 1. The molecular formula is C22H17N3O2S3. The fraction of sp³-hybridized carbons (Fsp3) is 0.0909. The van der Waals surface area contributed by atoms with Gasteiger partial charge in [-0.3, -0.25) is 14.5 Å². The molecule has 0 radical (unpaired) electrons. The topological polar surface area (TPSA) is 62.3 Å². The largest absolute Gasteiger partial charge is 0.300 e. The number of fused-ring (bicyclic) bond motifs is 1. The molecule has 1 N–H and O–H groups in total. The number of rotatable bonds is 5. The minimum atomic E-state index is -0.330. The minimum absolute atomic E-state index is 0.140. The van der Waals surface area contributed by atoms with Crippen LogP contribution in [0, 0.1) is 0 Å². The van der Waals surface area contributed by atoms with Gasteiger partial charge in [0, 0.05) is 0 Å². The number of benzene rings is 2. The van der Waals surface area contributed by atoms with Crippen LogP contribution in [0.25, 0.3) is 16.3 Å². The standard InChI is InChI=1S/C22H17N3O2S3/c1-14(11-15-7-3-2-4-8-15)12-18-20(27)25(22(28)30-18)13-19(26)24-21-23-16-9-5-6-10-17(16)29-21/h2-12H,13H2,1H3,(H,23,24,26)/b14-11+,18-12-. The number of carbonyl (C=O) groups is 2. The lowest BCUT2D eigenvalue weighted by Gasteiger charge is -2.13. The number of anilines is 1. The number of para-hydroxylation sites is 1. The Morgan fingerprint density at radius 1 is 1.17 bits per heavy atom. The van der Waals surface area contributed by atoms with E-state index < -0.39 is 0 Å². The fourth-order valence-electron chi connectivity index (χ4n) is 2.92. The lowest BCUT2D eigenvalue weighted by Crippen LogP contribution is -2.36. The highest BCUT2D eigenvalue weighted by molar-refractivity contribution is 8.26. The van der Waals surface area contributed by atoms with Crippen molar-refractivity contribution in [3.05, 3.63) is 76.7 Å². The molecule has 0 saturated carbocycles. The smallest absolute Gasteiger partial charge is 0.266 e. The van der Waals surface area contributed by atoms with Crippen molar-refractivity contribution >= 4 is 72.9 Å². The molecule has 0 spiro atoms. The van der Waals surface area contributed by atoms with E-state index >= 15 is 0 Å². The van der Waals surface area contributed by atoms with Crippen LogP contribution in [0.1, 0.15) is 12.5 Å². The van der Waals surface area contributed by atoms with Crippen molar-refractivity contribution in [2.75, 3.05) is 11.9 Å². The summed E-state index contributed by atoms with van der Waals surface area (Å²) in [5.41, 5.74) is 2.81. The average molecular weight is 452 g/mol. The maximum atomic E-state index is 12.8. The molecule has 30 heavy (non-hydrogen) atoms. The van der Waals surface area contributed by atoms with E-state index in [0.717, 1.165) is 21.4 Å². The second-order valence-corrected chi connectivity index (χ2v) is 9.31. The van der Waals surface area contributed by atoms with Crippen LogP contribution in [-0.2, 0) is 9.59 Å². The van der Waals surface area contributed by atoms with Crippen LogP contribution >= 0.6 is 35.3 Å². The SMILES string of the molecule is CC(/C=C1\SC(=S)N(CC(=O)Nc2nc3ccccc3s2)C1=O)=C\c1ccccc1. The lowest BCUT2D eigenvalue weighted by atomic mass is 10.1. The van der Waals surface area contributed by atoms with Crippen molar-refractivity contribution in [1.29, 1.82) is 0 Å². The predicted molar refractivity (Wildman–Crippen MR) is 128 cm³/mol. The van der Waals surface area contributed by atoms with Gasteiger partial charge in [-0.2, -0.15) is 0 Å². The number of nitrogens with zero attached hydrogens (tertiary/aromatic N) is 2. The first-order chi connectivity index (χ1) is 14.5. The summed E-state index contributed by atoms with van der Waals surface area (Å²) in [5, 5.41) is 3.27. The van der Waals surface area contributed by atoms with E-state index in [0.29, 0.717) is 14.4 Å². The van der Waals surface area contributed by atoms with E-state index in [2.05, 4.69) is 10.3 Å². The summed E-state index contributed by atoms with van der Waals surface area (Å²) in [5.74, 6) is -0.589. The molecule has 0 bridgehead atoms. The van der Waals surface area contributed by atoms with Crippen molar-refractivity contribution in [1.82, 2.24) is 9.88 Å². The van der Waals surface area contributed by atoms with E-state index in [-0.39, 0.29) is 18.4 Å². The molecule has 0 aliphatic carbocycles. The van der Waals surface area contributed by atoms with Crippen molar-refractivity contribution in [3.8, 4) is 0 Å². The first-order valence-electron chi connectivity index (χ1n) is 9.14. The molecule has 0 atom stereocenters. The molecule has 1 aromatic heterocycles. The van der Waals surface area contributed by atoms with Crippen molar-refractivity contribution < 1.29 is 9.59 Å². The van der Waals surface area contributed by atoms with E-state index in [4.69, 9.17) is 12.2 Å². The summed E-state index contributed by atoms with van der Waals surface area (Å²) in [6, 6.07) is 17.5.